The zero-order valence-electron chi connectivity index (χ0n) is 12.0. The molecule has 2 heterocycles. The van der Waals surface area contributed by atoms with Gasteiger partial charge in [0.2, 0.25) is 10.0 Å². The van der Waals surface area contributed by atoms with E-state index in [-0.39, 0.29) is 28.8 Å². The third-order valence-electron chi connectivity index (χ3n) is 3.51. The Hall–Kier alpha value is -1.49. The molecule has 10 heteroatoms. The quantitative estimate of drug-likeness (QED) is 0.773. The van der Waals surface area contributed by atoms with Crippen molar-refractivity contribution in [3.63, 3.8) is 0 Å². The van der Waals surface area contributed by atoms with Gasteiger partial charge in [-0.25, -0.2) is 17.9 Å². The first-order valence-corrected chi connectivity index (χ1v) is 8.75. The average Bonchev–Trinajstić information content (AvgIpc) is 3.13. The third-order valence-corrected chi connectivity index (χ3v) is 5.97. The van der Waals surface area contributed by atoms with Crippen LogP contribution in [0.3, 0.4) is 0 Å². The highest BCUT2D eigenvalue weighted by molar-refractivity contribution is 7.89. The second-order valence-corrected chi connectivity index (χ2v) is 7.56. The van der Waals surface area contributed by atoms with Gasteiger partial charge in [0.25, 0.3) is 5.91 Å². The van der Waals surface area contributed by atoms with E-state index >= 15 is 0 Å². The fourth-order valence-electron chi connectivity index (χ4n) is 2.26. The molecule has 1 aromatic rings. The molecule has 0 radical (unpaired) electrons. The minimum absolute atomic E-state index is 0.0160. The summed E-state index contributed by atoms with van der Waals surface area (Å²) >= 11 is 0.965. The van der Waals surface area contributed by atoms with Crippen molar-refractivity contribution >= 4 is 33.2 Å². The molecular formula is C12H16N2O6S2. The van der Waals surface area contributed by atoms with E-state index in [2.05, 4.69) is 4.72 Å². The van der Waals surface area contributed by atoms with Gasteiger partial charge in [0.05, 0.1) is 15.9 Å². The molecule has 0 saturated carbocycles. The first-order valence-electron chi connectivity index (χ1n) is 6.38. The smallest absolute Gasteiger partial charge is 0.326 e. The fourth-order valence-corrected chi connectivity index (χ4v) is 4.22. The van der Waals surface area contributed by atoms with E-state index in [1.807, 2.05) is 0 Å². The van der Waals surface area contributed by atoms with Crippen LogP contribution < -0.4 is 4.72 Å². The number of carboxylic acids is 1. The summed E-state index contributed by atoms with van der Waals surface area (Å²) in [5, 5.41) is 10.6. The predicted molar refractivity (Wildman–Crippen MR) is 78.4 cm³/mol. The van der Waals surface area contributed by atoms with Gasteiger partial charge in [-0.1, -0.05) is 0 Å². The lowest BCUT2D eigenvalue weighted by Crippen LogP contribution is -2.40. The summed E-state index contributed by atoms with van der Waals surface area (Å²) in [7, 11) is -0.896. The maximum absolute atomic E-state index is 12.5. The number of hydrogen-bond donors (Lipinski definition) is 2. The lowest BCUT2D eigenvalue weighted by molar-refractivity contribution is -0.141. The van der Waals surface area contributed by atoms with Gasteiger partial charge in [0.15, 0.2) is 0 Å². The maximum Gasteiger partial charge on any atom is 0.326 e. The van der Waals surface area contributed by atoms with Crippen LogP contribution in [0.4, 0.5) is 0 Å². The Morgan fingerprint density at radius 2 is 2.18 bits per heavy atom. The normalized spacial score (nSPS) is 22.0. The van der Waals surface area contributed by atoms with Crippen molar-refractivity contribution < 1.29 is 27.9 Å². The number of sulfonamides is 1. The maximum atomic E-state index is 12.5. The summed E-state index contributed by atoms with van der Waals surface area (Å²) in [4.78, 5) is 25.1. The van der Waals surface area contributed by atoms with E-state index in [4.69, 9.17) is 4.74 Å². The van der Waals surface area contributed by atoms with Crippen LogP contribution >= 0.6 is 11.3 Å². The third kappa shape index (κ3) is 3.14. The summed E-state index contributed by atoms with van der Waals surface area (Å²) in [5.41, 5.74) is 0. The Labute approximate surface area is 131 Å². The average molecular weight is 348 g/mol. The number of aliphatic carboxylic acids is 1. The van der Waals surface area contributed by atoms with Gasteiger partial charge in [-0.05, 0) is 13.1 Å². The van der Waals surface area contributed by atoms with Crippen LogP contribution in [0.1, 0.15) is 16.1 Å². The highest BCUT2D eigenvalue weighted by atomic mass is 32.2. The van der Waals surface area contributed by atoms with E-state index in [0.717, 1.165) is 11.3 Å². The van der Waals surface area contributed by atoms with E-state index < -0.39 is 27.9 Å². The number of thiophene rings is 1. The van der Waals surface area contributed by atoms with Crippen molar-refractivity contribution in [1.29, 1.82) is 0 Å². The highest BCUT2D eigenvalue weighted by Crippen LogP contribution is 2.26. The standard InChI is InChI=1S/C12H16N2O6S2/c1-13-22(18,19)8-4-10(21-6-8)11(15)14-5-7(20-2)3-9(14)12(16)17/h4,6-7,9,13H,3,5H2,1-2H3,(H,16,17). The summed E-state index contributed by atoms with van der Waals surface area (Å²) in [6.45, 7) is 0.165. The molecule has 2 rings (SSSR count). The zero-order valence-corrected chi connectivity index (χ0v) is 13.6. The van der Waals surface area contributed by atoms with Gasteiger partial charge in [0.1, 0.15) is 6.04 Å². The number of carboxylic acid groups (broad SMARTS) is 1. The number of carbonyl (C=O) groups is 2. The van der Waals surface area contributed by atoms with Gasteiger partial charge < -0.3 is 14.7 Å². The molecule has 1 amide bonds. The fraction of sp³-hybridized carbons (Fsp3) is 0.500. The Balaban J connectivity index is 2.26. The number of likely N-dealkylation sites (tertiary alicyclic amines) is 1. The monoisotopic (exact) mass is 348 g/mol. The molecule has 0 bridgehead atoms. The molecule has 122 valence electrons. The lowest BCUT2D eigenvalue weighted by atomic mass is 10.2. The highest BCUT2D eigenvalue weighted by Gasteiger charge is 2.40. The largest absolute Gasteiger partial charge is 0.480 e. The topological polar surface area (TPSA) is 113 Å². The molecule has 1 saturated heterocycles. The first-order chi connectivity index (χ1) is 10.3. The molecule has 1 aliphatic heterocycles. The minimum Gasteiger partial charge on any atom is -0.480 e. The number of nitrogens with one attached hydrogen (secondary N) is 1. The molecule has 1 aromatic heterocycles. The van der Waals surface area contributed by atoms with Crippen molar-refractivity contribution in [3.8, 4) is 0 Å². The Morgan fingerprint density at radius 3 is 2.73 bits per heavy atom. The van der Waals surface area contributed by atoms with Gasteiger partial charge in [-0.3, -0.25) is 4.79 Å². The number of rotatable bonds is 5. The zero-order chi connectivity index (χ0) is 16.5. The van der Waals surface area contributed by atoms with Crippen molar-refractivity contribution in [3.05, 3.63) is 16.3 Å². The second-order valence-electron chi connectivity index (χ2n) is 4.76. The second kappa shape index (κ2) is 6.32. The summed E-state index contributed by atoms with van der Waals surface area (Å²) in [6.07, 6.45) is -0.129. The molecule has 1 fully saturated rings. The van der Waals surface area contributed by atoms with E-state index in [1.165, 1.54) is 30.5 Å². The number of nitrogens with zero attached hydrogens (tertiary/aromatic N) is 1. The van der Waals surface area contributed by atoms with E-state index in [9.17, 15) is 23.1 Å². The van der Waals surface area contributed by atoms with Crippen molar-refractivity contribution in [2.24, 2.45) is 0 Å². The van der Waals surface area contributed by atoms with Crippen molar-refractivity contribution in [1.82, 2.24) is 9.62 Å². The molecule has 2 atom stereocenters. The van der Waals surface area contributed by atoms with Crippen LogP contribution in [-0.4, -0.2) is 63.1 Å². The van der Waals surface area contributed by atoms with Crippen LogP contribution in [0.5, 0.6) is 0 Å². The van der Waals surface area contributed by atoms with Gasteiger partial charge in [-0.2, -0.15) is 0 Å². The molecule has 22 heavy (non-hydrogen) atoms. The number of ether oxygens (including phenoxy) is 1. The Bertz CT molecular complexity index is 684. The van der Waals surface area contributed by atoms with Crippen LogP contribution in [0, 0.1) is 0 Å². The van der Waals surface area contributed by atoms with Gasteiger partial charge in [0, 0.05) is 25.5 Å². The molecule has 8 nitrogen and oxygen atoms in total. The molecule has 0 aliphatic carbocycles. The number of amides is 1. The summed E-state index contributed by atoms with van der Waals surface area (Å²) in [6, 6.07) is 0.279. The molecule has 0 spiro atoms. The minimum atomic E-state index is -3.63. The summed E-state index contributed by atoms with van der Waals surface area (Å²) in [5.74, 6) is -1.61. The lowest BCUT2D eigenvalue weighted by Gasteiger charge is -2.20. The SMILES string of the molecule is CNS(=O)(=O)c1csc(C(=O)N2CC(OC)CC2C(=O)O)c1. The number of hydrogen-bond acceptors (Lipinski definition) is 6. The number of methoxy groups -OCH3 is 1. The first kappa shape index (κ1) is 16.9. The summed E-state index contributed by atoms with van der Waals surface area (Å²) < 4.78 is 30.7. The van der Waals surface area contributed by atoms with Gasteiger partial charge in [-0.15, -0.1) is 11.3 Å². The Kier molecular flexibility index (Phi) is 4.85. The van der Waals surface area contributed by atoms with Crippen molar-refractivity contribution in [2.45, 2.75) is 23.5 Å². The van der Waals surface area contributed by atoms with Gasteiger partial charge >= 0.3 is 5.97 Å². The van der Waals surface area contributed by atoms with Crippen LogP contribution in [0.15, 0.2) is 16.3 Å². The van der Waals surface area contributed by atoms with Crippen LogP contribution in [0.25, 0.3) is 0 Å². The molecule has 2 N–H and O–H groups in total. The number of carbonyl (C=O) groups excluding carboxylic acids is 1. The molecule has 1 aliphatic rings. The molecular weight excluding hydrogens is 332 g/mol. The van der Waals surface area contributed by atoms with Crippen molar-refractivity contribution in [2.75, 3.05) is 20.7 Å². The van der Waals surface area contributed by atoms with E-state index in [1.54, 1.807) is 0 Å². The molecule has 2 unspecified atom stereocenters. The molecule has 0 aromatic carbocycles. The van der Waals surface area contributed by atoms with E-state index in [0.29, 0.717) is 0 Å². The Morgan fingerprint density at radius 1 is 1.50 bits per heavy atom. The predicted octanol–water partition coefficient (Wildman–Crippen LogP) is -0.0297. The van der Waals surface area contributed by atoms with Crippen LogP contribution in [-0.2, 0) is 19.6 Å². The van der Waals surface area contributed by atoms with Crippen LogP contribution in [0.2, 0.25) is 0 Å².